The second-order valence-electron chi connectivity index (χ2n) is 4.85. The van der Waals surface area contributed by atoms with Crippen molar-refractivity contribution in [3.8, 4) is 11.5 Å². The highest BCUT2D eigenvalue weighted by molar-refractivity contribution is 9.10. The Kier molecular flexibility index (Phi) is 3.94. The summed E-state index contributed by atoms with van der Waals surface area (Å²) in [5.41, 5.74) is 3.63. The van der Waals surface area contributed by atoms with Crippen LogP contribution in [0.25, 0.3) is 0 Å². The molecular weight excluding hydrogens is 318 g/mol. The van der Waals surface area contributed by atoms with Gasteiger partial charge in [-0.05, 0) is 30.2 Å². The van der Waals surface area contributed by atoms with Gasteiger partial charge in [-0.3, -0.25) is 0 Å². The van der Waals surface area contributed by atoms with E-state index in [0.29, 0.717) is 6.79 Å². The quantitative estimate of drug-likeness (QED) is 0.923. The Morgan fingerprint density at radius 2 is 1.95 bits per heavy atom. The van der Waals surface area contributed by atoms with E-state index < -0.39 is 0 Å². The highest BCUT2D eigenvalue weighted by Gasteiger charge is 2.16. The molecule has 3 rings (SSSR count). The minimum atomic E-state index is 0.315. The molecule has 2 aromatic carbocycles. The molecule has 0 amide bonds. The lowest BCUT2D eigenvalue weighted by atomic mass is 10.1. The first-order valence-corrected chi connectivity index (χ1v) is 7.36. The van der Waals surface area contributed by atoms with Crippen LogP contribution in [0.4, 0.5) is 0 Å². The summed E-state index contributed by atoms with van der Waals surface area (Å²) in [6.07, 6.45) is 0. The molecule has 0 radical (unpaired) electrons. The minimum Gasteiger partial charge on any atom is -0.454 e. The van der Waals surface area contributed by atoms with Crippen molar-refractivity contribution in [3.05, 3.63) is 57.6 Å². The lowest BCUT2D eigenvalue weighted by Gasteiger charge is -2.09. The molecule has 1 aliphatic rings. The molecule has 0 unspecified atom stereocenters. The molecule has 20 heavy (non-hydrogen) atoms. The smallest absolute Gasteiger partial charge is 0.231 e. The van der Waals surface area contributed by atoms with Gasteiger partial charge in [0.2, 0.25) is 6.79 Å². The Labute approximate surface area is 127 Å². The van der Waals surface area contributed by atoms with Gasteiger partial charge in [0.15, 0.2) is 11.5 Å². The van der Waals surface area contributed by atoms with Crippen molar-refractivity contribution in [2.24, 2.45) is 0 Å². The monoisotopic (exact) mass is 333 g/mol. The SMILES string of the molecule is Cc1ccc(CNCc2cccc3c2OCO3)c(Br)c1. The molecular formula is C16H16BrNO2. The number of para-hydroxylation sites is 1. The molecule has 1 aliphatic heterocycles. The number of nitrogens with one attached hydrogen (secondary N) is 1. The number of hydrogen-bond donors (Lipinski definition) is 1. The van der Waals surface area contributed by atoms with Gasteiger partial charge in [0.05, 0.1) is 0 Å². The maximum absolute atomic E-state index is 5.50. The van der Waals surface area contributed by atoms with Crippen LogP contribution < -0.4 is 14.8 Å². The molecule has 104 valence electrons. The molecule has 1 heterocycles. The van der Waals surface area contributed by atoms with E-state index in [0.717, 1.165) is 34.6 Å². The summed E-state index contributed by atoms with van der Waals surface area (Å²) < 4.78 is 12.0. The van der Waals surface area contributed by atoms with E-state index in [1.54, 1.807) is 0 Å². The number of rotatable bonds is 4. The number of benzene rings is 2. The summed E-state index contributed by atoms with van der Waals surface area (Å²) in [6, 6.07) is 12.4. The topological polar surface area (TPSA) is 30.5 Å². The first-order chi connectivity index (χ1) is 9.74. The van der Waals surface area contributed by atoms with Crippen LogP contribution in [0, 0.1) is 6.92 Å². The van der Waals surface area contributed by atoms with Crippen LogP contribution in [0.5, 0.6) is 11.5 Å². The predicted molar refractivity (Wildman–Crippen MR) is 82.0 cm³/mol. The fourth-order valence-corrected chi connectivity index (χ4v) is 2.89. The maximum atomic E-state index is 5.50. The fourth-order valence-electron chi connectivity index (χ4n) is 2.26. The Morgan fingerprint density at radius 1 is 1.10 bits per heavy atom. The first-order valence-electron chi connectivity index (χ1n) is 6.57. The average Bonchev–Trinajstić information content (AvgIpc) is 2.90. The standard InChI is InChI=1S/C16H16BrNO2/c1-11-5-6-12(14(17)7-11)8-18-9-13-3-2-4-15-16(13)20-10-19-15/h2-7,18H,8-10H2,1H3. The number of aryl methyl sites for hydroxylation is 1. The Hall–Kier alpha value is -1.52. The van der Waals surface area contributed by atoms with Crippen LogP contribution in [-0.4, -0.2) is 6.79 Å². The third-order valence-electron chi connectivity index (χ3n) is 3.32. The number of fused-ring (bicyclic) bond motifs is 1. The largest absolute Gasteiger partial charge is 0.454 e. The minimum absolute atomic E-state index is 0.315. The van der Waals surface area contributed by atoms with E-state index in [1.165, 1.54) is 11.1 Å². The van der Waals surface area contributed by atoms with E-state index in [-0.39, 0.29) is 0 Å². The van der Waals surface area contributed by atoms with Gasteiger partial charge in [0, 0.05) is 23.1 Å². The zero-order valence-electron chi connectivity index (χ0n) is 11.3. The predicted octanol–water partition coefficient (Wildman–Crippen LogP) is 3.78. The second-order valence-corrected chi connectivity index (χ2v) is 5.70. The summed E-state index contributed by atoms with van der Waals surface area (Å²) in [6.45, 7) is 3.97. The number of hydrogen-bond acceptors (Lipinski definition) is 3. The van der Waals surface area contributed by atoms with Crippen LogP contribution in [0.3, 0.4) is 0 Å². The van der Waals surface area contributed by atoms with Gasteiger partial charge < -0.3 is 14.8 Å². The highest BCUT2D eigenvalue weighted by Crippen LogP contribution is 2.35. The van der Waals surface area contributed by atoms with Crippen LogP contribution >= 0.6 is 15.9 Å². The zero-order valence-corrected chi connectivity index (χ0v) is 12.9. The van der Waals surface area contributed by atoms with Crippen molar-refractivity contribution >= 4 is 15.9 Å². The van der Waals surface area contributed by atoms with Gasteiger partial charge in [0.1, 0.15) is 0 Å². The van der Waals surface area contributed by atoms with E-state index in [4.69, 9.17) is 9.47 Å². The van der Waals surface area contributed by atoms with Crippen LogP contribution in [-0.2, 0) is 13.1 Å². The summed E-state index contributed by atoms with van der Waals surface area (Å²) in [5.74, 6) is 1.70. The second kappa shape index (κ2) is 5.85. The van der Waals surface area contributed by atoms with Gasteiger partial charge >= 0.3 is 0 Å². The van der Waals surface area contributed by atoms with Crippen molar-refractivity contribution in [2.75, 3.05) is 6.79 Å². The van der Waals surface area contributed by atoms with E-state index >= 15 is 0 Å². The van der Waals surface area contributed by atoms with Crippen molar-refractivity contribution in [3.63, 3.8) is 0 Å². The molecule has 0 bridgehead atoms. The van der Waals surface area contributed by atoms with E-state index in [2.05, 4.69) is 52.4 Å². The molecule has 0 saturated heterocycles. The third-order valence-corrected chi connectivity index (χ3v) is 4.06. The molecule has 2 aromatic rings. The van der Waals surface area contributed by atoms with Crippen molar-refractivity contribution in [1.29, 1.82) is 0 Å². The third kappa shape index (κ3) is 2.81. The molecule has 1 N–H and O–H groups in total. The fraction of sp³-hybridized carbons (Fsp3) is 0.250. The molecule has 4 heteroatoms. The van der Waals surface area contributed by atoms with Crippen molar-refractivity contribution < 1.29 is 9.47 Å². The van der Waals surface area contributed by atoms with E-state index in [9.17, 15) is 0 Å². The van der Waals surface area contributed by atoms with Crippen LogP contribution in [0.15, 0.2) is 40.9 Å². The Bertz CT molecular complexity index is 628. The van der Waals surface area contributed by atoms with Gasteiger partial charge in [-0.15, -0.1) is 0 Å². The first kappa shape index (κ1) is 13.5. The molecule has 0 saturated carbocycles. The highest BCUT2D eigenvalue weighted by atomic mass is 79.9. The normalized spacial score (nSPS) is 12.7. The molecule has 0 spiro atoms. The molecule has 0 atom stereocenters. The summed E-state index contributed by atoms with van der Waals surface area (Å²) in [4.78, 5) is 0. The van der Waals surface area contributed by atoms with Crippen LogP contribution in [0.2, 0.25) is 0 Å². The lowest BCUT2D eigenvalue weighted by molar-refractivity contribution is 0.173. The summed E-state index contributed by atoms with van der Waals surface area (Å²) in [5, 5.41) is 3.44. The van der Waals surface area contributed by atoms with Gasteiger partial charge in [-0.25, -0.2) is 0 Å². The van der Waals surface area contributed by atoms with Crippen molar-refractivity contribution in [2.45, 2.75) is 20.0 Å². The zero-order chi connectivity index (χ0) is 13.9. The van der Waals surface area contributed by atoms with Crippen LogP contribution in [0.1, 0.15) is 16.7 Å². The van der Waals surface area contributed by atoms with E-state index in [1.807, 2.05) is 12.1 Å². The summed E-state index contributed by atoms with van der Waals surface area (Å²) >= 11 is 3.60. The lowest BCUT2D eigenvalue weighted by Crippen LogP contribution is -2.13. The van der Waals surface area contributed by atoms with Crippen molar-refractivity contribution in [1.82, 2.24) is 5.32 Å². The Balaban J connectivity index is 1.64. The number of ether oxygens (including phenoxy) is 2. The molecule has 3 nitrogen and oxygen atoms in total. The van der Waals surface area contributed by atoms with Gasteiger partial charge in [-0.2, -0.15) is 0 Å². The average molecular weight is 334 g/mol. The van der Waals surface area contributed by atoms with Gasteiger partial charge in [0.25, 0.3) is 0 Å². The molecule has 0 aliphatic carbocycles. The molecule has 0 fully saturated rings. The number of halogens is 1. The maximum Gasteiger partial charge on any atom is 0.231 e. The molecule has 0 aromatic heterocycles. The summed E-state index contributed by atoms with van der Waals surface area (Å²) in [7, 11) is 0. The Morgan fingerprint density at radius 3 is 2.80 bits per heavy atom. The van der Waals surface area contributed by atoms with Gasteiger partial charge in [-0.1, -0.05) is 40.2 Å².